The normalized spacial score (nSPS) is 15.0. The Morgan fingerprint density at radius 2 is 1.50 bits per heavy atom. The summed E-state index contributed by atoms with van der Waals surface area (Å²) in [5, 5.41) is 5.70. The van der Waals surface area contributed by atoms with Crippen molar-refractivity contribution in [2.24, 2.45) is 0 Å². The van der Waals surface area contributed by atoms with Crippen LogP contribution in [0.25, 0.3) is 0 Å². The Bertz CT molecular complexity index is 214. The van der Waals surface area contributed by atoms with E-state index in [-0.39, 0.29) is 23.8 Å². The van der Waals surface area contributed by atoms with Crippen LogP contribution in [0, 0.1) is 0 Å². The maximum Gasteiger partial charge on any atom is 0.237 e. The number of hydrogen-bond acceptors (Lipinski definition) is 3. The minimum Gasteiger partial charge on any atom is -0.345 e. The van der Waals surface area contributed by atoms with E-state index in [2.05, 4.69) is 10.6 Å². The number of carbonyl (C=O) groups is 2. The second-order valence-corrected chi connectivity index (χ2v) is 3.88. The van der Waals surface area contributed by atoms with E-state index < -0.39 is 6.04 Å². The monoisotopic (exact) mass is 200 g/mol. The lowest BCUT2D eigenvalue weighted by Gasteiger charge is -2.18. The van der Waals surface area contributed by atoms with Crippen LogP contribution in [0.4, 0.5) is 0 Å². The molecule has 0 heterocycles. The molecule has 0 aliphatic heterocycles. The molecule has 0 aromatic heterocycles. The molecule has 0 unspecified atom stereocenters. The van der Waals surface area contributed by atoms with Gasteiger partial charge < -0.3 is 10.6 Å². The first kappa shape index (κ1) is 13.1. The Morgan fingerprint density at radius 3 is 1.86 bits per heavy atom. The van der Waals surface area contributed by atoms with Gasteiger partial charge in [-0.15, -0.1) is 0 Å². The Morgan fingerprint density at radius 1 is 1.00 bits per heavy atom. The quantitative estimate of drug-likeness (QED) is 0.678. The van der Waals surface area contributed by atoms with Crippen LogP contribution in [-0.4, -0.2) is 29.8 Å². The summed E-state index contributed by atoms with van der Waals surface area (Å²) in [5.41, 5.74) is 0. The predicted molar refractivity (Wildman–Crippen MR) is 56.0 cm³/mol. The maximum absolute atomic E-state index is 11.5. The minimum absolute atomic E-state index is 0.0323. The smallest absolute Gasteiger partial charge is 0.237 e. The van der Waals surface area contributed by atoms with E-state index in [1.807, 2.05) is 13.8 Å². The molecule has 14 heavy (non-hydrogen) atoms. The third kappa shape index (κ3) is 4.97. The molecule has 0 saturated carbocycles. The van der Waals surface area contributed by atoms with Gasteiger partial charge in [-0.3, -0.25) is 9.59 Å². The van der Waals surface area contributed by atoms with Gasteiger partial charge in [-0.2, -0.15) is 0 Å². The van der Waals surface area contributed by atoms with E-state index in [0.717, 1.165) is 0 Å². The van der Waals surface area contributed by atoms with Crippen LogP contribution < -0.4 is 10.6 Å². The topological polar surface area (TPSA) is 58.2 Å². The summed E-state index contributed by atoms with van der Waals surface area (Å²) in [6.07, 6.45) is 0. The number of hydrogen-bond donors (Lipinski definition) is 2. The van der Waals surface area contributed by atoms with E-state index in [4.69, 9.17) is 0 Å². The zero-order chi connectivity index (χ0) is 11.3. The van der Waals surface area contributed by atoms with Gasteiger partial charge in [0.15, 0.2) is 5.78 Å². The Balaban J connectivity index is 4.01. The Kier molecular flexibility index (Phi) is 5.38. The van der Waals surface area contributed by atoms with Gasteiger partial charge in [0.05, 0.1) is 12.1 Å². The lowest BCUT2D eigenvalue weighted by Crippen LogP contribution is -2.49. The summed E-state index contributed by atoms with van der Waals surface area (Å²) in [6.45, 7) is 8.87. The fraction of sp³-hybridized carbons (Fsp3) is 0.800. The first-order valence-corrected chi connectivity index (χ1v) is 4.91. The fourth-order valence-electron chi connectivity index (χ4n) is 1.02. The number of ketones is 1. The minimum atomic E-state index is -0.404. The Hall–Kier alpha value is -0.900. The lowest BCUT2D eigenvalue weighted by molar-refractivity contribution is -0.127. The molecular formula is C10H20N2O2. The largest absolute Gasteiger partial charge is 0.345 e. The van der Waals surface area contributed by atoms with Crippen LogP contribution in [0.1, 0.15) is 34.6 Å². The molecule has 0 spiro atoms. The summed E-state index contributed by atoms with van der Waals surface area (Å²) in [5.74, 6) is -0.170. The fourth-order valence-corrected chi connectivity index (χ4v) is 1.02. The van der Waals surface area contributed by atoms with Crippen LogP contribution in [0.2, 0.25) is 0 Å². The van der Waals surface area contributed by atoms with Crippen molar-refractivity contribution in [1.29, 1.82) is 0 Å². The van der Waals surface area contributed by atoms with Crippen LogP contribution in [0.5, 0.6) is 0 Å². The highest BCUT2D eigenvalue weighted by Crippen LogP contribution is 1.90. The predicted octanol–water partition coefficient (Wildman–Crippen LogP) is 0.467. The van der Waals surface area contributed by atoms with Gasteiger partial charge >= 0.3 is 0 Å². The second kappa shape index (κ2) is 5.75. The van der Waals surface area contributed by atoms with E-state index in [0.29, 0.717) is 0 Å². The van der Waals surface area contributed by atoms with Crippen molar-refractivity contribution in [1.82, 2.24) is 10.6 Å². The van der Waals surface area contributed by atoms with Crippen LogP contribution in [-0.2, 0) is 9.59 Å². The number of amides is 1. The second-order valence-electron chi connectivity index (χ2n) is 3.88. The summed E-state index contributed by atoms with van der Waals surface area (Å²) < 4.78 is 0. The highest BCUT2D eigenvalue weighted by Gasteiger charge is 2.17. The van der Waals surface area contributed by atoms with E-state index in [9.17, 15) is 9.59 Å². The van der Waals surface area contributed by atoms with Crippen molar-refractivity contribution in [2.45, 2.75) is 52.7 Å². The van der Waals surface area contributed by atoms with Crippen molar-refractivity contribution < 1.29 is 9.59 Å². The molecule has 0 aliphatic rings. The molecule has 4 nitrogen and oxygen atoms in total. The molecule has 0 bridgehead atoms. The molecule has 4 heteroatoms. The van der Waals surface area contributed by atoms with Crippen molar-refractivity contribution in [3.63, 3.8) is 0 Å². The van der Waals surface area contributed by atoms with E-state index >= 15 is 0 Å². The zero-order valence-electron chi connectivity index (χ0n) is 9.55. The molecule has 0 radical (unpaired) electrons. The molecule has 0 saturated heterocycles. The third-order valence-electron chi connectivity index (χ3n) is 1.95. The van der Waals surface area contributed by atoms with Gasteiger partial charge in [-0.25, -0.2) is 0 Å². The molecule has 0 aromatic carbocycles. The SMILES string of the molecule is CC(=O)[C@H](C)NC(=O)[C@H](C)NC(C)C. The molecule has 2 N–H and O–H groups in total. The summed E-state index contributed by atoms with van der Waals surface area (Å²) in [4.78, 5) is 22.4. The van der Waals surface area contributed by atoms with E-state index in [1.54, 1.807) is 13.8 Å². The number of Topliss-reactive ketones (excluding diaryl/α,β-unsaturated/α-hetero) is 1. The molecule has 0 aromatic rings. The highest BCUT2D eigenvalue weighted by atomic mass is 16.2. The van der Waals surface area contributed by atoms with Gasteiger partial charge in [0.2, 0.25) is 5.91 Å². The Labute approximate surface area is 85.4 Å². The zero-order valence-corrected chi connectivity index (χ0v) is 9.55. The number of rotatable bonds is 5. The molecule has 0 fully saturated rings. The average molecular weight is 200 g/mol. The van der Waals surface area contributed by atoms with Gasteiger partial charge in [0.25, 0.3) is 0 Å². The van der Waals surface area contributed by atoms with Crippen LogP contribution in [0.3, 0.4) is 0 Å². The van der Waals surface area contributed by atoms with Crippen molar-refractivity contribution >= 4 is 11.7 Å². The highest BCUT2D eigenvalue weighted by molar-refractivity contribution is 5.89. The van der Waals surface area contributed by atoms with Gasteiger partial charge in [-0.1, -0.05) is 13.8 Å². The first-order chi connectivity index (χ1) is 6.34. The molecular weight excluding hydrogens is 180 g/mol. The average Bonchev–Trinajstić information content (AvgIpc) is 2.02. The van der Waals surface area contributed by atoms with Crippen molar-refractivity contribution in [3.05, 3.63) is 0 Å². The number of nitrogens with one attached hydrogen (secondary N) is 2. The first-order valence-electron chi connectivity index (χ1n) is 4.91. The van der Waals surface area contributed by atoms with Crippen molar-refractivity contribution in [3.8, 4) is 0 Å². The summed E-state index contributed by atoms with van der Waals surface area (Å²) in [7, 11) is 0. The molecule has 2 atom stereocenters. The summed E-state index contributed by atoms with van der Waals surface area (Å²) >= 11 is 0. The number of carbonyl (C=O) groups excluding carboxylic acids is 2. The van der Waals surface area contributed by atoms with Crippen LogP contribution in [0.15, 0.2) is 0 Å². The van der Waals surface area contributed by atoms with Crippen molar-refractivity contribution in [2.75, 3.05) is 0 Å². The van der Waals surface area contributed by atoms with Crippen LogP contribution >= 0.6 is 0 Å². The lowest BCUT2D eigenvalue weighted by atomic mass is 10.2. The molecule has 0 aliphatic carbocycles. The molecule has 82 valence electrons. The molecule has 1 amide bonds. The van der Waals surface area contributed by atoms with Gasteiger partial charge in [0.1, 0.15) is 0 Å². The van der Waals surface area contributed by atoms with Gasteiger partial charge in [-0.05, 0) is 20.8 Å². The van der Waals surface area contributed by atoms with Gasteiger partial charge in [0, 0.05) is 6.04 Å². The standard InChI is InChI=1S/C10H20N2O2/c1-6(2)11-8(4)10(14)12-7(3)9(5)13/h6-8,11H,1-5H3,(H,12,14)/t7-,8-/m0/s1. The third-order valence-corrected chi connectivity index (χ3v) is 1.95. The molecule has 0 rings (SSSR count). The maximum atomic E-state index is 11.5. The summed E-state index contributed by atoms with van der Waals surface area (Å²) in [6, 6.07) is -0.418. The van der Waals surface area contributed by atoms with E-state index in [1.165, 1.54) is 6.92 Å².